The molecule has 2 aromatic rings. The van der Waals surface area contributed by atoms with Gasteiger partial charge in [-0.25, -0.2) is 4.57 Å². The first-order valence-electron chi connectivity index (χ1n) is 5.88. The quantitative estimate of drug-likeness (QED) is 0.493. The van der Waals surface area contributed by atoms with Gasteiger partial charge in [0.2, 0.25) is 0 Å². The summed E-state index contributed by atoms with van der Waals surface area (Å²) in [5.41, 5.74) is 4.53. The Morgan fingerprint density at radius 2 is 1.55 bits per heavy atom. The van der Waals surface area contributed by atoms with Gasteiger partial charge in [-0.1, -0.05) is 24.3 Å². The maximum absolute atomic E-state index is 9.75. The van der Waals surface area contributed by atoms with Gasteiger partial charge in [0.15, 0.2) is 6.67 Å². The molecule has 0 unspecified atom stereocenters. The van der Waals surface area contributed by atoms with Gasteiger partial charge in [-0.15, -0.1) is 0 Å². The van der Waals surface area contributed by atoms with E-state index in [0.29, 0.717) is 0 Å². The maximum Gasteiger partial charge on any atom is 0.673 e. The summed E-state index contributed by atoms with van der Waals surface area (Å²) in [4.78, 5) is 0. The van der Waals surface area contributed by atoms with Crippen LogP contribution in [0, 0.1) is 0 Å². The second-order valence-electron chi connectivity index (χ2n) is 4.07. The van der Waals surface area contributed by atoms with Crippen molar-refractivity contribution >= 4 is 18.8 Å². The number of fused-ring (bicyclic) bond motifs is 1. The maximum atomic E-state index is 9.75. The molecule has 0 amide bonds. The number of nitrogens with one attached hydrogen (secondary N) is 1. The summed E-state index contributed by atoms with van der Waals surface area (Å²) >= 11 is 0. The van der Waals surface area contributed by atoms with Crippen LogP contribution in [0.3, 0.4) is 0 Å². The fraction of sp³-hybridized carbons (Fsp3) is 0.0833. The standard InChI is InChI=1S/C12H11N3.BF4/c1-2-6-11(7-3-1)15-10-14-9-5-4-8-12(14)13-15;2-1(3,4)5/h1-9H,10H2;/q;-1/p+1. The summed E-state index contributed by atoms with van der Waals surface area (Å²) in [7, 11) is -6.00. The molecule has 8 heteroatoms. The second kappa shape index (κ2) is 5.81. The van der Waals surface area contributed by atoms with Crippen molar-refractivity contribution in [1.29, 1.82) is 0 Å². The molecule has 0 bridgehead atoms. The predicted octanol–water partition coefficient (Wildman–Crippen LogP) is 3.08. The monoisotopic (exact) mass is 285 g/mol. The number of benzene rings is 1. The van der Waals surface area contributed by atoms with Crippen LogP contribution in [0.2, 0.25) is 0 Å². The lowest BCUT2D eigenvalue weighted by molar-refractivity contribution is -0.671. The largest absolute Gasteiger partial charge is 0.673 e. The molecule has 0 saturated carbocycles. The van der Waals surface area contributed by atoms with E-state index in [9.17, 15) is 17.3 Å². The lowest BCUT2D eigenvalue weighted by Gasteiger charge is -2.09. The molecule has 2 heterocycles. The number of hydrogen-bond acceptors (Lipinski definition) is 2. The van der Waals surface area contributed by atoms with Gasteiger partial charge in [0.25, 0.3) is 5.82 Å². The Hall–Kier alpha value is -2.25. The zero-order valence-electron chi connectivity index (χ0n) is 10.4. The number of pyridine rings is 1. The molecular weight excluding hydrogens is 273 g/mol. The van der Waals surface area contributed by atoms with Crippen molar-refractivity contribution in [2.75, 3.05) is 10.4 Å². The molecule has 1 aromatic carbocycles. The SMILES string of the molecule is F[B-](F)(F)F.c1ccc(N2C[n+]3ccccc3N2)cc1. The average molecular weight is 285 g/mol. The van der Waals surface area contributed by atoms with E-state index in [4.69, 9.17) is 0 Å². The number of halogens is 4. The van der Waals surface area contributed by atoms with Gasteiger partial charge in [0.05, 0.1) is 11.9 Å². The Labute approximate surface area is 113 Å². The summed E-state index contributed by atoms with van der Waals surface area (Å²) in [6.45, 7) is 0.847. The van der Waals surface area contributed by atoms with Crippen LogP contribution in [0.25, 0.3) is 0 Å². The van der Waals surface area contributed by atoms with E-state index in [1.807, 2.05) is 30.3 Å². The summed E-state index contributed by atoms with van der Waals surface area (Å²) in [5, 5.41) is 2.12. The normalized spacial score (nSPS) is 13.1. The number of aromatic nitrogens is 1. The molecule has 0 atom stereocenters. The van der Waals surface area contributed by atoms with Crippen LogP contribution >= 0.6 is 0 Å². The highest BCUT2D eigenvalue weighted by atomic mass is 19.5. The first-order chi connectivity index (χ1) is 9.43. The average Bonchev–Trinajstić information content (AvgIpc) is 2.81. The number of hydrogen-bond donors (Lipinski definition) is 1. The van der Waals surface area contributed by atoms with E-state index < -0.39 is 7.25 Å². The van der Waals surface area contributed by atoms with E-state index in [0.717, 1.165) is 12.5 Å². The van der Waals surface area contributed by atoms with Crippen LogP contribution in [-0.4, -0.2) is 7.25 Å². The summed E-state index contributed by atoms with van der Waals surface area (Å²) < 4.78 is 41.2. The van der Waals surface area contributed by atoms with Gasteiger partial charge in [-0.05, 0) is 18.2 Å². The fourth-order valence-corrected chi connectivity index (χ4v) is 1.78. The Morgan fingerprint density at radius 1 is 0.950 bits per heavy atom. The number of nitrogens with zero attached hydrogens (tertiary/aromatic N) is 2. The van der Waals surface area contributed by atoms with E-state index in [1.54, 1.807) is 0 Å². The van der Waals surface area contributed by atoms with Crippen molar-refractivity contribution in [3.05, 3.63) is 54.7 Å². The fourth-order valence-electron chi connectivity index (χ4n) is 1.78. The molecule has 0 saturated heterocycles. The molecule has 3 rings (SSSR count). The third-order valence-electron chi connectivity index (χ3n) is 2.55. The highest BCUT2D eigenvalue weighted by molar-refractivity contribution is 6.50. The molecule has 0 spiro atoms. The minimum atomic E-state index is -6.00. The van der Waals surface area contributed by atoms with Gasteiger partial charge in [0.1, 0.15) is 0 Å². The van der Waals surface area contributed by atoms with Crippen LogP contribution in [0.4, 0.5) is 28.8 Å². The molecule has 106 valence electrons. The van der Waals surface area contributed by atoms with Gasteiger partial charge < -0.3 is 17.3 Å². The smallest absolute Gasteiger partial charge is 0.418 e. The Morgan fingerprint density at radius 3 is 2.15 bits per heavy atom. The minimum absolute atomic E-state index is 0.847. The number of rotatable bonds is 1. The highest BCUT2D eigenvalue weighted by Crippen LogP contribution is 2.17. The highest BCUT2D eigenvalue weighted by Gasteiger charge is 2.24. The van der Waals surface area contributed by atoms with Crippen LogP contribution < -0.4 is 15.0 Å². The van der Waals surface area contributed by atoms with E-state index in [-0.39, 0.29) is 0 Å². The van der Waals surface area contributed by atoms with E-state index >= 15 is 0 Å². The Balaban J connectivity index is 0.000000257. The first-order valence-corrected chi connectivity index (χ1v) is 5.88. The van der Waals surface area contributed by atoms with E-state index in [2.05, 4.69) is 39.4 Å². The molecule has 20 heavy (non-hydrogen) atoms. The Bertz CT molecular complexity index is 531. The molecule has 0 fully saturated rings. The van der Waals surface area contributed by atoms with E-state index in [1.165, 1.54) is 5.69 Å². The van der Waals surface area contributed by atoms with Crippen LogP contribution in [0.5, 0.6) is 0 Å². The predicted molar refractivity (Wildman–Crippen MR) is 69.4 cm³/mol. The lowest BCUT2D eigenvalue weighted by atomic mass is 10.3. The van der Waals surface area contributed by atoms with Crippen molar-refractivity contribution in [2.45, 2.75) is 6.67 Å². The molecule has 0 radical (unpaired) electrons. The zero-order valence-corrected chi connectivity index (χ0v) is 10.4. The minimum Gasteiger partial charge on any atom is -0.418 e. The molecular formula is C12H12BF4N3. The Kier molecular flexibility index (Phi) is 4.12. The molecule has 3 nitrogen and oxygen atoms in total. The first kappa shape index (κ1) is 14.2. The lowest BCUT2D eigenvalue weighted by Crippen LogP contribution is -2.34. The zero-order chi connectivity index (χ0) is 14.6. The van der Waals surface area contributed by atoms with Crippen molar-refractivity contribution in [2.24, 2.45) is 0 Å². The molecule has 1 N–H and O–H groups in total. The topological polar surface area (TPSA) is 19.1 Å². The van der Waals surface area contributed by atoms with Gasteiger partial charge in [0, 0.05) is 6.07 Å². The van der Waals surface area contributed by atoms with Crippen molar-refractivity contribution < 1.29 is 21.8 Å². The third-order valence-corrected chi connectivity index (χ3v) is 2.55. The summed E-state index contributed by atoms with van der Waals surface area (Å²) in [5.74, 6) is 1.13. The summed E-state index contributed by atoms with van der Waals surface area (Å²) in [6, 6.07) is 16.5. The number of hydrazine groups is 1. The van der Waals surface area contributed by atoms with Gasteiger partial charge in [-0.2, -0.15) is 10.4 Å². The second-order valence-corrected chi connectivity index (χ2v) is 4.07. The van der Waals surface area contributed by atoms with Crippen molar-refractivity contribution in [3.8, 4) is 0 Å². The van der Waals surface area contributed by atoms with Crippen LogP contribution in [0.15, 0.2) is 54.7 Å². The summed E-state index contributed by atoms with van der Waals surface area (Å²) in [6.07, 6.45) is 2.07. The van der Waals surface area contributed by atoms with Crippen molar-refractivity contribution in [1.82, 2.24) is 0 Å². The van der Waals surface area contributed by atoms with Crippen LogP contribution in [-0.2, 0) is 6.67 Å². The number of para-hydroxylation sites is 1. The van der Waals surface area contributed by atoms with Gasteiger partial charge in [-0.3, -0.25) is 0 Å². The van der Waals surface area contributed by atoms with Crippen LogP contribution in [0.1, 0.15) is 0 Å². The molecule has 0 aliphatic carbocycles. The van der Waals surface area contributed by atoms with Crippen molar-refractivity contribution in [3.63, 3.8) is 0 Å². The van der Waals surface area contributed by atoms with Gasteiger partial charge >= 0.3 is 7.25 Å². The molecule has 1 aliphatic heterocycles. The number of anilines is 2. The molecule has 1 aromatic heterocycles. The third kappa shape index (κ3) is 4.15. The molecule has 1 aliphatic rings.